The van der Waals surface area contributed by atoms with Gasteiger partial charge in [0.05, 0.1) is 18.0 Å². The fourth-order valence-electron chi connectivity index (χ4n) is 2.71. The van der Waals surface area contributed by atoms with Crippen LogP contribution in [0.5, 0.6) is 0 Å². The third-order valence-corrected chi connectivity index (χ3v) is 5.34. The summed E-state index contributed by atoms with van der Waals surface area (Å²) in [4.78, 5) is 12.2. The number of anilines is 1. The van der Waals surface area contributed by atoms with Crippen LogP contribution in [0.3, 0.4) is 0 Å². The lowest BCUT2D eigenvalue weighted by atomic mass is 9.94. The van der Waals surface area contributed by atoms with Gasteiger partial charge in [-0.25, -0.2) is 12.7 Å². The van der Waals surface area contributed by atoms with E-state index < -0.39 is 16.1 Å². The summed E-state index contributed by atoms with van der Waals surface area (Å²) in [7, 11) is -3.16. The number of aryl methyl sites for hydroxylation is 1. The van der Waals surface area contributed by atoms with Gasteiger partial charge in [-0.1, -0.05) is 12.1 Å². The zero-order chi connectivity index (χ0) is 17.2. The highest BCUT2D eigenvalue weighted by Crippen LogP contribution is 2.19. The van der Waals surface area contributed by atoms with Crippen molar-refractivity contribution in [2.24, 2.45) is 5.92 Å². The van der Waals surface area contributed by atoms with Crippen LogP contribution >= 0.6 is 0 Å². The molecule has 8 nitrogen and oxygen atoms in total. The number of sulfonamides is 1. The lowest BCUT2D eigenvalue weighted by Gasteiger charge is -2.37. The van der Waals surface area contributed by atoms with Crippen LogP contribution in [0.4, 0.5) is 5.88 Å². The molecule has 1 fully saturated rings. The van der Waals surface area contributed by atoms with E-state index in [1.165, 1.54) is 10.6 Å². The van der Waals surface area contributed by atoms with E-state index in [4.69, 9.17) is 4.52 Å². The first-order chi connectivity index (χ1) is 10.7. The Hall–Kier alpha value is -1.45. The van der Waals surface area contributed by atoms with Crippen molar-refractivity contribution in [3.8, 4) is 0 Å². The third kappa shape index (κ3) is 4.76. The topological polar surface area (TPSA) is 105 Å². The molecule has 2 N–H and O–H groups in total. The summed E-state index contributed by atoms with van der Waals surface area (Å²) < 4.78 is 29.6. The number of rotatable bonds is 5. The van der Waals surface area contributed by atoms with Gasteiger partial charge in [0.15, 0.2) is 0 Å². The van der Waals surface area contributed by atoms with Gasteiger partial charge in [0.25, 0.3) is 0 Å². The Morgan fingerprint density at radius 2 is 2.22 bits per heavy atom. The molecule has 0 saturated carbocycles. The maximum Gasteiger partial charge on any atom is 0.243 e. The predicted octanol–water partition coefficient (Wildman–Crippen LogP) is 0.570. The molecule has 0 spiro atoms. The quantitative estimate of drug-likeness (QED) is 0.809. The first-order valence-corrected chi connectivity index (χ1v) is 9.47. The lowest BCUT2D eigenvalue weighted by molar-refractivity contribution is -0.118. The van der Waals surface area contributed by atoms with Crippen LogP contribution in [0.15, 0.2) is 10.6 Å². The van der Waals surface area contributed by atoms with Crippen LogP contribution < -0.4 is 10.6 Å². The van der Waals surface area contributed by atoms with E-state index in [-0.39, 0.29) is 17.9 Å². The molecule has 0 radical (unpaired) electrons. The van der Waals surface area contributed by atoms with Gasteiger partial charge in [-0.2, -0.15) is 0 Å². The molecule has 1 aliphatic rings. The minimum atomic E-state index is -3.16. The van der Waals surface area contributed by atoms with Crippen molar-refractivity contribution in [3.05, 3.63) is 11.8 Å². The van der Waals surface area contributed by atoms with Gasteiger partial charge in [0.1, 0.15) is 0 Å². The van der Waals surface area contributed by atoms with Crippen molar-refractivity contribution in [2.75, 3.05) is 24.7 Å². The van der Waals surface area contributed by atoms with Gasteiger partial charge >= 0.3 is 0 Å². The molecule has 1 aliphatic heterocycles. The molecule has 0 aliphatic carbocycles. The molecule has 130 valence electrons. The summed E-state index contributed by atoms with van der Waals surface area (Å²) in [5.74, 6) is 0.237. The van der Waals surface area contributed by atoms with Gasteiger partial charge in [-0.05, 0) is 26.2 Å². The number of nitrogens with one attached hydrogen (secondary N) is 2. The highest BCUT2D eigenvalue weighted by Gasteiger charge is 2.32. The number of carbonyl (C=O) groups is 1. The van der Waals surface area contributed by atoms with E-state index in [1.807, 2.05) is 6.92 Å². The highest BCUT2D eigenvalue weighted by atomic mass is 32.2. The summed E-state index contributed by atoms with van der Waals surface area (Å²) in [6.45, 7) is 6.47. The minimum Gasteiger partial charge on any atom is -0.338 e. The van der Waals surface area contributed by atoms with E-state index in [2.05, 4.69) is 15.8 Å². The number of hydrogen-bond acceptors (Lipinski definition) is 6. The first-order valence-electron chi connectivity index (χ1n) is 7.62. The lowest BCUT2D eigenvalue weighted by Crippen LogP contribution is -2.53. The molecule has 9 heteroatoms. The highest BCUT2D eigenvalue weighted by molar-refractivity contribution is 7.88. The van der Waals surface area contributed by atoms with Crippen molar-refractivity contribution in [2.45, 2.75) is 39.3 Å². The number of carbonyl (C=O) groups excluding carboxylic acids is 1. The standard InChI is InChI=1S/C14H24N4O4S/c1-9-8-18(23(4,20)21)6-5-12(9)15-11(3)14(19)16-13-7-10(2)17-22-13/h7,9,11-12,15H,5-6,8H2,1-4H3,(H,16,19). The van der Waals surface area contributed by atoms with Crippen molar-refractivity contribution in [3.63, 3.8) is 0 Å². The fourth-order valence-corrected chi connectivity index (χ4v) is 3.65. The second-order valence-electron chi connectivity index (χ2n) is 6.20. The molecule has 0 bridgehead atoms. The zero-order valence-corrected chi connectivity index (χ0v) is 14.7. The molecule has 1 saturated heterocycles. The summed E-state index contributed by atoms with van der Waals surface area (Å²) in [6, 6.07) is 1.32. The van der Waals surface area contributed by atoms with Crippen LogP contribution in [0.25, 0.3) is 0 Å². The van der Waals surface area contributed by atoms with E-state index in [1.54, 1.807) is 19.9 Å². The molecular formula is C14H24N4O4S. The number of hydrogen-bond donors (Lipinski definition) is 2. The number of piperidine rings is 1. The average molecular weight is 344 g/mol. The van der Waals surface area contributed by atoms with Crippen molar-refractivity contribution < 1.29 is 17.7 Å². The van der Waals surface area contributed by atoms with E-state index in [0.29, 0.717) is 31.1 Å². The fraction of sp³-hybridized carbons (Fsp3) is 0.714. The van der Waals surface area contributed by atoms with Crippen LogP contribution in [-0.4, -0.2) is 55.2 Å². The van der Waals surface area contributed by atoms with E-state index in [9.17, 15) is 13.2 Å². The Morgan fingerprint density at radius 1 is 1.52 bits per heavy atom. The monoisotopic (exact) mass is 344 g/mol. The van der Waals surface area contributed by atoms with E-state index in [0.717, 1.165) is 0 Å². The van der Waals surface area contributed by atoms with Gasteiger partial charge in [-0.3, -0.25) is 10.1 Å². The Balaban J connectivity index is 1.88. The third-order valence-electron chi connectivity index (χ3n) is 4.07. The molecule has 23 heavy (non-hydrogen) atoms. The molecule has 1 amide bonds. The van der Waals surface area contributed by atoms with Gasteiger partial charge < -0.3 is 9.84 Å². The van der Waals surface area contributed by atoms with Gasteiger partial charge in [0, 0.05) is 25.2 Å². The Labute approximate surface area is 136 Å². The molecule has 1 aromatic heterocycles. The maximum absolute atomic E-state index is 12.2. The first kappa shape index (κ1) is 17.9. The van der Waals surface area contributed by atoms with Gasteiger partial charge in [-0.15, -0.1) is 0 Å². The van der Waals surface area contributed by atoms with Crippen LogP contribution in [0.2, 0.25) is 0 Å². The van der Waals surface area contributed by atoms with Gasteiger partial charge in [0.2, 0.25) is 21.8 Å². The second-order valence-corrected chi connectivity index (χ2v) is 8.19. The number of amides is 1. The van der Waals surface area contributed by atoms with Crippen LogP contribution in [-0.2, 0) is 14.8 Å². The summed E-state index contributed by atoms with van der Waals surface area (Å²) >= 11 is 0. The van der Waals surface area contributed by atoms with Crippen LogP contribution in [0, 0.1) is 12.8 Å². The SMILES string of the molecule is Cc1cc(NC(=O)C(C)NC2CCN(S(C)(=O)=O)CC2C)on1. The minimum absolute atomic E-state index is 0.0882. The average Bonchev–Trinajstić information content (AvgIpc) is 2.85. The normalized spacial score (nSPS) is 24.3. The predicted molar refractivity (Wildman–Crippen MR) is 86.5 cm³/mol. The molecule has 3 atom stereocenters. The number of nitrogens with zero attached hydrogens (tertiary/aromatic N) is 2. The number of aromatic nitrogens is 1. The Kier molecular flexibility index (Phi) is 5.43. The molecule has 2 rings (SSSR count). The Bertz CT molecular complexity index is 657. The maximum atomic E-state index is 12.2. The molecule has 3 unspecified atom stereocenters. The van der Waals surface area contributed by atoms with Crippen molar-refractivity contribution in [1.82, 2.24) is 14.8 Å². The smallest absolute Gasteiger partial charge is 0.243 e. The summed E-state index contributed by atoms with van der Waals surface area (Å²) in [5, 5.41) is 9.65. The largest absolute Gasteiger partial charge is 0.338 e. The Morgan fingerprint density at radius 3 is 2.74 bits per heavy atom. The molecular weight excluding hydrogens is 320 g/mol. The zero-order valence-electron chi connectivity index (χ0n) is 13.9. The second kappa shape index (κ2) is 6.98. The molecule has 0 aromatic carbocycles. The van der Waals surface area contributed by atoms with E-state index >= 15 is 0 Å². The van der Waals surface area contributed by atoms with Crippen molar-refractivity contribution >= 4 is 21.8 Å². The van der Waals surface area contributed by atoms with Crippen molar-refractivity contribution in [1.29, 1.82) is 0 Å². The summed E-state index contributed by atoms with van der Waals surface area (Å²) in [6.07, 6.45) is 1.90. The molecule has 2 heterocycles. The van der Waals surface area contributed by atoms with Crippen LogP contribution in [0.1, 0.15) is 26.0 Å². The summed E-state index contributed by atoms with van der Waals surface area (Å²) in [5.41, 5.74) is 0.697. The molecule has 1 aromatic rings.